The fraction of sp³-hybridized carbons (Fsp3) is 0.200. The van der Waals surface area contributed by atoms with Crippen molar-refractivity contribution in [2.75, 3.05) is 62.4 Å². The molecular weight excluding hydrogens is 631 g/mol. The molecule has 0 aliphatic carbocycles. The Balaban J connectivity index is 1.26. The van der Waals surface area contributed by atoms with E-state index in [0.29, 0.717) is 49.1 Å². The summed E-state index contributed by atoms with van der Waals surface area (Å²) in [6, 6.07) is 37.3. The van der Waals surface area contributed by atoms with Crippen LogP contribution in [0.4, 0.5) is 25.8 Å². The summed E-state index contributed by atoms with van der Waals surface area (Å²) in [6.07, 6.45) is 2.00. The molecule has 0 saturated carbocycles. The number of allylic oxidation sites excluding steroid dienone is 1. The van der Waals surface area contributed by atoms with E-state index in [4.69, 9.17) is 19.5 Å². The standard InChI is InChI=1S/C40H36BF2N5O2/c42-41(43)48-38(32-9-5-2-6-10-32)28-36(30-13-17-34(18-14-30)47-21-25-50-26-22-47)40(48)45-39-35(27-37(44-39)31-7-3-1-4-8-31)29-11-15-33(16-12-29)46-19-23-49-24-20-46/h1-18,27-28H,19-26H2/b45-39-. The second-order valence-corrected chi connectivity index (χ2v) is 12.4. The van der Waals surface area contributed by atoms with E-state index in [1.165, 1.54) is 0 Å². The summed E-state index contributed by atoms with van der Waals surface area (Å²) in [6.45, 7) is 6.04. The second-order valence-electron chi connectivity index (χ2n) is 12.4. The Bertz CT molecular complexity index is 2030. The summed E-state index contributed by atoms with van der Waals surface area (Å²) in [5, 5.41) is 0. The lowest BCUT2D eigenvalue weighted by atomic mass is 10.0. The zero-order valence-corrected chi connectivity index (χ0v) is 27.6. The SMILES string of the molecule is FB(F)n1c(-c2ccccc2)cc(-c2ccc(N3CCOCC3)cc2)c1/N=C1\N=C(c2ccccc2)C=C1c1ccc(N2CCOCC2)cc1. The minimum atomic E-state index is -2.84. The molecule has 0 spiro atoms. The summed E-state index contributed by atoms with van der Waals surface area (Å²) in [5.41, 5.74) is 7.98. The highest BCUT2D eigenvalue weighted by atomic mass is 19.2. The topological polar surface area (TPSA) is 54.6 Å². The van der Waals surface area contributed by atoms with Gasteiger partial charge in [-0.25, -0.2) is 9.98 Å². The molecule has 2 fully saturated rings. The number of morpholine rings is 2. The number of hydrogen-bond donors (Lipinski definition) is 0. The summed E-state index contributed by atoms with van der Waals surface area (Å²) >= 11 is 0. The van der Waals surface area contributed by atoms with Gasteiger partial charge in [0.25, 0.3) is 0 Å². The maximum Gasteiger partial charge on any atom is 0.679 e. The van der Waals surface area contributed by atoms with Crippen LogP contribution in [0.2, 0.25) is 0 Å². The van der Waals surface area contributed by atoms with Gasteiger partial charge in [0.05, 0.1) is 32.1 Å². The van der Waals surface area contributed by atoms with Crippen molar-refractivity contribution >= 4 is 41.7 Å². The van der Waals surface area contributed by atoms with Crippen LogP contribution >= 0.6 is 0 Å². The highest BCUT2D eigenvalue weighted by molar-refractivity contribution is 6.43. The highest BCUT2D eigenvalue weighted by Crippen LogP contribution is 2.41. The van der Waals surface area contributed by atoms with Gasteiger partial charge in [0.1, 0.15) is 5.82 Å². The molecule has 2 saturated heterocycles. The van der Waals surface area contributed by atoms with Crippen LogP contribution in [-0.2, 0) is 9.47 Å². The van der Waals surface area contributed by atoms with E-state index in [1.807, 2.05) is 97.1 Å². The van der Waals surface area contributed by atoms with Gasteiger partial charge in [0.15, 0.2) is 5.84 Å². The van der Waals surface area contributed by atoms with Gasteiger partial charge in [-0.05, 0) is 53.1 Å². The van der Waals surface area contributed by atoms with E-state index in [-0.39, 0.29) is 5.82 Å². The van der Waals surface area contributed by atoms with Crippen LogP contribution in [0.1, 0.15) is 11.1 Å². The molecule has 0 amide bonds. The van der Waals surface area contributed by atoms with Crippen LogP contribution in [0, 0.1) is 0 Å². The smallest absolute Gasteiger partial charge is 0.378 e. The van der Waals surface area contributed by atoms with Gasteiger partial charge >= 0.3 is 7.40 Å². The van der Waals surface area contributed by atoms with Crippen molar-refractivity contribution in [1.29, 1.82) is 0 Å². The molecule has 10 heteroatoms. The van der Waals surface area contributed by atoms with Gasteiger partial charge in [-0.3, -0.25) is 8.63 Å². The Labute approximate surface area is 291 Å². The van der Waals surface area contributed by atoms with Crippen molar-refractivity contribution in [3.05, 3.63) is 132 Å². The van der Waals surface area contributed by atoms with E-state index >= 15 is 8.63 Å². The third kappa shape index (κ3) is 6.52. The predicted molar refractivity (Wildman–Crippen MR) is 199 cm³/mol. The zero-order valence-electron chi connectivity index (χ0n) is 27.6. The van der Waals surface area contributed by atoms with E-state index in [2.05, 4.69) is 34.1 Å². The summed E-state index contributed by atoms with van der Waals surface area (Å²) in [5.74, 6) is 0.538. The third-order valence-electron chi connectivity index (χ3n) is 9.41. The molecular formula is C40H36BF2N5O2. The first-order valence-corrected chi connectivity index (χ1v) is 17.0. The number of halogens is 2. The molecule has 4 heterocycles. The van der Waals surface area contributed by atoms with Crippen molar-refractivity contribution in [3.8, 4) is 22.4 Å². The molecule has 8 rings (SSSR count). The van der Waals surface area contributed by atoms with Gasteiger partial charge in [0, 0.05) is 59.9 Å². The molecule has 4 aromatic carbocycles. The Kier molecular flexibility index (Phi) is 9.11. The molecule has 1 aromatic heterocycles. The molecule has 0 unspecified atom stereocenters. The first kappa shape index (κ1) is 31.9. The summed E-state index contributed by atoms with van der Waals surface area (Å²) in [7, 11) is -2.84. The Morgan fingerprint density at radius 1 is 0.600 bits per heavy atom. The van der Waals surface area contributed by atoms with Gasteiger partial charge in [-0.2, -0.15) is 0 Å². The molecule has 3 aliphatic heterocycles. The Morgan fingerprint density at radius 2 is 1.12 bits per heavy atom. The molecule has 5 aromatic rings. The van der Waals surface area contributed by atoms with E-state index < -0.39 is 7.40 Å². The first-order chi connectivity index (χ1) is 24.6. The fourth-order valence-electron chi connectivity index (χ4n) is 6.78. The molecule has 0 N–H and O–H groups in total. The van der Waals surface area contributed by atoms with Crippen LogP contribution in [0.25, 0.3) is 28.0 Å². The number of amidine groups is 1. The van der Waals surface area contributed by atoms with Crippen molar-refractivity contribution in [2.24, 2.45) is 9.98 Å². The Hall–Kier alpha value is -5.32. The average molecular weight is 668 g/mol. The van der Waals surface area contributed by atoms with Crippen LogP contribution in [0.3, 0.4) is 0 Å². The zero-order chi connectivity index (χ0) is 33.9. The quantitative estimate of drug-likeness (QED) is 0.158. The molecule has 3 aliphatic rings. The number of benzene rings is 4. The van der Waals surface area contributed by atoms with Gasteiger partial charge < -0.3 is 23.8 Å². The predicted octanol–water partition coefficient (Wildman–Crippen LogP) is 7.88. The van der Waals surface area contributed by atoms with Crippen LogP contribution in [0.15, 0.2) is 131 Å². The van der Waals surface area contributed by atoms with E-state index in [0.717, 1.165) is 70.0 Å². The minimum Gasteiger partial charge on any atom is -0.378 e. The van der Waals surface area contributed by atoms with E-state index in [1.54, 1.807) is 0 Å². The van der Waals surface area contributed by atoms with Crippen molar-refractivity contribution in [2.45, 2.75) is 0 Å². The van der Waals surface area contributed by atoms with Crippen LogP contribution < -0.4 is 9.80 Å². The molecule has 7 nitrogen and oxygen atoms in total. The Morgan fingerprint density at radius 3 is 1.66 bits per heavy atom. The van der Waals surface area contributed by atoms with Crippen LogP contribution in [0.5, 0.6) is 0 Å². The van der Waals surface area contributed by atoms with Gasteiger partial charge in [-0.15, -0.1) is 0 Å². The number of aromatic nitrogens is 1. The lowest BCUT2D eigenvalue weighted by Gasteiger charge is -2.29. The number of ether oxygens (including phenoxy) is 2. The number of nitrogens with zero attached hydrogens (tertiary/aromatic N) is 5. The molecule has 0 bridgehead atoms. The average Bonchev–Trinajstić information content (AvgIpc) is 3.79. The normalized spacial score (nSPS) is 17.2. The molecule has 0 radical (unpaired) electrons. The van der Waals surface area contributed by atoms with Crippen molar-refractivity contribution < 1.29 is 18.1 Å². The van der Waals surface area contributed by atoms with E-state index in [9.17, 15) is 0 Å². The maximum atomic E-state index is 15.3. The van der Waals surface area contributed by atoms with Crippen molar-refractivity contribution in [1.82, 2.24) is 4.48 Å². The lowest BCUT2D eigenvalue weighted by Crippen LogP contribution is -2.36. The number of anilines is 2. The largest absolute Gasteiger partial charge is 0.679 e. The highest BCUT2D eigenvalue weighted by Gasteiger charge is 2.30. The minimum absolute atomic E-state index is 0.155. The number of rotatable bonds is 8. The second kappa shape index (κ2) is 14.3. The van der Waals surface area contributed by atoms with Crippen LogP contribution in [-0.4, -0.2) is 76.0 Å². The first-order valence-electron chi connectivity index (χ1n) is 17.0. The van der Waals surface area contributed by atoms with Gasteiger partial charge in [0.2, 0.25) is 0 Å². The maximum absolute atomic E-state index is 15.3. The summed E-state index contributed by atoms with van der Waals surface area (Å²) < 4.78 is 42.7. The summed E-state index contributed by atoms with van der Waals surface area (Å²) in [4.78, 5) is 14.6. The lowest BCUT2D eigenvalue weighted by molar-refractivity contribution is 0.122. The monoisotopic (exact) mass is 667 g/mol. The van der Waals surface area contributed by atoms with Gasteiger partial charge in [-0.1, -0.05) is 84.9 Å². The van der Waals surface area contributed by atoms with Crippen molar-refractivity contribution in [3.63, 3.8) is 0 Å². The molecule has 250 valence electrons. The fourth-order valence-corrected chi connectivity index (χ4v) is 6.78. The third-order valence-corrected chi connectivity index (χ3v) is 9.41. The number of hydrogen-bond acceptors (Lipinski definition) is 5. The molecule has 50 heavy (non-hydrogen) atoms. The molecule has 0 atom stereocenters. The number of aliphatic imine (C=N–C) groups is 2.